The Balaban J connectivity index is 2.53. The number of fused-ring (bicyclic) bond motifs is 1. The van der Waals surface area contributed by atoms with E-state index >= 15 is 0 Å². The highest BCUT2D eigenvalue weighted by molar-refractivity contribution is 6.07. The number of para-hydroxylation sites is 1. The van der Waals surface area contributed by atoms with Crippen molar-refractivity contribution in [3.63, 3.8) is 0 Å². The van der Waals surface area contributed by atoms with Crippen molar-refractivity contribution in [3.8, 4) is 5.75 Å². The summed E-state index contributed by atoms with van der Waals surface area (Å²) in [6.07, 6.45) is 3.88. The van der Waals surface area contributed by atoms with E-state index in [9.17, 15) is 4.79 Å². The van der Waals surface area contributed by atoms with Crippen molar-refractivity contribution in [1.29, 1.82) is 0 Å². The van der Waals surface area contributed by atoms with Crippen molar-refractivity contribution in [2.45, 2.75) is 0 Å². The largest absolute Gasteiger partial charge is 0.356 e. The summed E-state index contributed by atoms with van der Waals surface area (Å²) >= 11 is 0. The number of hydrogen-bond donors (Lipinski definition) is 0. The molecule has 0 aromatic heterocycles. The maximum Gasteiger partial charge on any atom is 0.165 e. The van der Waals surface area contributed by atoms with E-state index in [1.807, 2.05) is 18.2 Å². The first-order chi connectivity index (χ1) is 6.40. The average Bonchev–Trinajstić information content (AvgIpc) is 2.38. The molecule has 0 aliphatic carbocycles. The fourth-order valence-electron chi connectivity index (χ4n) is 1.11. The highest BCUT2D eigenvalue weighted by Crippen LogP contribution is 2.22. The van der Waals surface area contributed by atoms with E-state index in [1.165, 1.54) is 6.21 Å². The molecule has 0 radical (unpaired) electrons. The number of benzene rings is 1. The van der Waals surface area contributed by atoms with Crippen LogP contribution in [-0.4, -0.2) is 12.5 Å². The number of rotatable bonds is 1. The molecule has 3 heteroatoms. The van der Waals surface area contributed by atoms with Gasteiger partial charge in [0.05, 0.1) is 6.21 Å². The molecule has 0 saturated heterocycles. The monoisotopic (exact) mass is 173 g/mol. The Morgan fingerprint density at radius 1 is 1.31 bits per heavy atom. The van der Waals surface area contributed by atoms with Crippen LogP contribution in [0, 0.1) is 0 Å². The van der Waals surface area contributed by atoms with Crippen LogP contribution in [0.4, 0.5) is 0 Å². The van der Waals surface area contributed by atoms with Crippen molar-refractivity contribution in [3.05, 3.63) is 35.4 Å². The smallest absolute Gasteiger partial charge is 0.165 e. The zero-order valence-corrected chi connectivity index (χ0v) is 6.81. The van der Waals surface area contributed by atoms with E-state index in [0.29, 0.717) is 11.3 Å². The van der Waals surface area contributed by atoms with Crippen LogP contribution in [0.2, 0.25) is 0 Å². The minimum absolute atomic E-state index is 0.505. The van der Waals surface area contributed by atoms with Gasteiger partial charge in [-0.2, -0.15) is 0 Å². The molecule has 1 aromatic carbocycles. The molecule has 1 heterocycles. The van der Waals surface area contributed by atoms with Crippen LogP contribution in [-0.2, 0) is 4.79 Å². The molecule has 0 atom stereocenters. The minimum Gasteiger partial charge on any atom is -0.356 e. The van der Waals surface area contributed by atoms with Crippen molar-refractivity contribution in [1.82, 2.24) is 0 Å². The van der Waals surface area contributed by atoms with Gasteiger partial charge in [0.15, 0.2) is 12.0 Å². The third-order valence-corrected chi connectivity index (χ3v) is 1.73. The van der Waals surface area contributed by atoms with Crippen molar-refractivity contribution in [2.75, 3.05) is 0 Å². The molecule has 1 aliphatic heterocycles. The topological polar surface area (TPSA) is 38.7 Å². The van der Waals surface area contributed by atoms with Gasteiger partial charge in [-0.05, 0) is 12.1 Å². The van der Waals surface area contributed by atoms with E-state index in [-0.39, 0.29) is 0 Å². The number of allylic oxidation sites excluding steroid dienone is 1. The van der Waals surface area contributed by atoms with Gasteiger partial charge < -0.3 is 4.84 Å². The first-order valence-corrected chi connectivity index (χ1v) is 3.86. The zero-order valence-electron chi connectivity index (χ0n) is 6.81. The summed E-state index contributed by atoms with van der Waals surface area (Å²) in [5, 5.41) is 3.64. The summed E-state index contributed by atoms with van der Waals surface area (Å²) in [6.45, 7) is 0. The second-order valence-corrected chi connectivity index (χ2v) is 2.63. The molecule has 3 nitrogen and oxygen atoms in total. The lowest BCUT2D eigenvalue weighted by Gasteiger charge is -1.98. The fraction of sp³-hybridized carbons (Fsp3) is 0. The van der Waals surface area contributed by atoms with E-state index in [0.717, 1.165) is 11.8 Å². The Morgan fingerprint density at radius 3 is 3.00 bits per heavy atom. The molecule has 0 fully saturated rings. The molecular weight excluding hydrogens is 166 g/mol. The maximum absolute atomic E-state index is 10.5. The Kier molecular flexibility index (Phi) is 1.92. The molecule has 13 heavy (non-hydrogen) atoms. The number of carbonyl (C=O) groups excluding carboxylic acids is 1. The quantitative estimate of drug-likeness (QED) is 0.605. The van der Waals surface area contributed by atoms with Gasteiger partial charge in [0.1, 0.15) is 0 Å². The summed E-state index contributed by atoms with van der Waals surface area (Å²) < 4.78 is 0. The standard InChI is InChI=1S/C10H7NO2/c12-7-8-5-9-3-1-2-4-10(9)13-11-6-8/h1-7H. The van der Waals surface area contributed by atoms with Gasteiger partial charge in [0, 0.05) is 11.1 Å². The van der Waals surface area contributed by atoms with Gasteiger partial charge in [-0.3, -0.25) is 4.79 Å². The van der Waals surface area contributed by atoms with Crippen molar-refractivity contribution in [2.24, 2.45) is 5.16 Å². The lowest BCUT2D eigenvalue weighted by molar-refractivity contribution is -0.104. The predicted octanol–water partition coefficient (Wildman–Crippen LogP) is 1.65. The number of carbonyl (C=O) groups is 1. The van der Waals surface area contributed by atoms with Crippen LogP contribution in [0.25, 0.3) is 6.08 Å². The number of hydrogen-bond acceptors (Lipinski definition) is 3. The number of oxime groups is 1. The number of nitrogens with zero attached hydrogens (tertiary/aromatic N) is 1. The highest BCUT2D eigenvalue weighted by Gasteiger charge is 2.04. The Morgan fingerprint density at radius 2 is 2.15 bits per heavy atom. The zero-order chi connectivity index (χ0) is 9.10. The fourth-order valence-corrected chi connectivity index (χ4v) is 1.11. The van der Waals surface area contributed by atoms with Gasteiger partial charge >= 0.3 is 0 Å². The van der Waals surface area contributed by atoms with Crippen LogP contribution in [0.1, 0.15) is 5.56 Å². The summed E-state index contributed by atoms with van der Waals surface area (Å²) in [4.78, 5) is 15.5. The van der Waals surface area contributed by atoms with E-state index in [2.05, 4.69) is 5.16 Å². The van der Waals surface area contributed by atoms with Gasteiger partial charge in [0.25, 0.3) is 0 Å². The Bertz CT molecular complexity index is 394. The molecule has 0 bridgehead atoms. The summed E-state index contributed by atoms with van der Waals surface area (Å²) in [5.74, 6) is 0.663. The van der Waals surface area contributed by atoms with Crippen molar-refractivity contribution < 1.29 is 9.63 Å². The summed E-state index contributed by atoms with van der Waals surface area (Å²) in [7, 11) is 0. The first-order valence-electron chi connectivity index (χ1n) is 3.86. The molecule has 1 aliphatic rings. The maximum atomic E-state index is 10.5. The average molecular weight is 173 g/mol. The first kappa shape index (κ1) is 7.73. The van der Waals surface area contributed by atoms with Gasteiger partial charge in [-0.25, -0.2) is 0 Å². The van der Waals surface area contributed by atoms with E-state index in [4.69, 9.17) is 4.84 Å². The normalized spacial score (nSPS) is 13.7. The molecule has 0 amide bonds. The molecule has 0 unspecified atom stereocenters. The lowest BCUT2D eigenvalue weighted by atomic mass is 10.1. The second kappa shape index (κ2) is 3.23. The predicted molar refractivity (Wildman–Crippen MR) is 49.6 cm³/mol. The number of aldehydes is 1. The van der Waals surface area contributed by atoms with Gasteiger partial charge in [-0.1, -0.05) is 23.4 Å². The van der Waals surface area contributed by atoms with E-state index < -0.39 is 0 Å². The molecule has 2 rings (SSSR count). The summed E-state index contributed by atoms with van der Waals surface area (Å²) in [6, 6.07) is 7.41. The third kappa shape index (κ3) is 1.49. The summed E-state index contributed by atoms with van der Waals surface area (Å²) in [5.41, 5.74) is 1.37. The molecule has 0 N–H and O–H groups in total. The van der Waals surface area contributed by atoms with Crippen LogP contribution >= 0.6 is 0 Å². The van der Waals surface area contributed by atoms with Crippen LogP contribution in [0.5, 0.6) is 5.75 Å². The molecule has 0 spiro atoms. The molecular formula is C10H7NO2. The highest BCUT2D eigenvalue weighted by atomic mass is 16.6. The lowest BCUT2D eigenvalue weighted by Crippen LogP contribution is -1.84. The van der Waals surface area contributed by atoms with Crippen LogP contribution in [0.3, 0.4) is 0 Å². The van der Waals surface area contributed by atoms with Crippen LogP contribution in [0.15, 0.2) is 35.0 Å². The molecule has 64 valence electrons. The van der Waals surface area contributed by atoms with Gasteiger partial charge in [0.2, 0.25) is 0 Å². The SMILES string of the molecule is O=CC1=Cc2ccccc2ON=C1. The van der Waals surface area contributed by atoms with Gasteiger partial charge in [-0.15, -0.1) is 0 Å². The Hall–Kier alpha value is -1.90. The Labute approximate surface area is 75.3 Å². The molecule has 0 saturated carbocycles. The minimum atomic E-state index is 0.505. The molecule has 1 aromatic rings. The van der Waals surface area contributed by atoms with E-state index in [1.54, 1.807) is 12.1 Å². The van der Waals surface area contributed by atoms with Crippen LogP contribution < -0.4 is 4.84 Å². The third-order valence-electron chi connectivity index (χ3n) is 1.73. The van der Waals surface area contributed by atoms with Crippen molar-refractivity contribution >= 4 is 18.6 Å². The second-order valence-electron chi connectivity index (χ2n) is 2.63.